The third-order valence-electron chi connectivity index (χ3n) is 1.64. The lowest BCUT2D eigenvalue weighted by atomic mass is 10.2. The summed E-state index contributed by atoms with van der Waals surface area (Å²) in [5.74, 6) is -1.91. The third kappa shape index (κ3) is 5.47. The van der Waals surface area contributed by atoms with E-state index in [2.05, 4.69) is 15.0 Å². The van der Waals surface area contributed by atoms with Gasteiger partial charge in [-0.05, 0) is 20.8 Å². The van der Waals surface area contributed by atoms with Crippen molar-refractivity contribution in [2.24, 2.45) is 5.16 Å². The number of esters is 1. The molecule has 0 saturated heterocycles. The highest BCUT2D eigenvalue weighted by atomic mass is 32.1. The second-order valence-electron chi connectivity index (χ2n) is 4.48. The van der Waals surface area contributed by atoms with Crippen LogP contribution in [0.15, 0.2) is 16.0 Å². The van der Waals surface area contributed by atoms with Crippen molar-refractivity contribution in [2.75, 3.05) is 6.61 Å². The molecular formula is C11H14N2O5S. The van der Waals surface area contributed by atoms with Gasteiger partial charge in [0.2, 0.25) is 12.3 Å². The fraction of sp³-hybridized carbons (Fsp3) is 0.455. The Hall–Kier alpha value is -1.96. The minimum atomic E-state index is -1.28. The molecule has 0 bridgehead atoms. The average molecular weight is 286 g/mol. The molecule has 0 fully saturated rings. The molecule has 19 heavy (non-hydrogen) atoms. The summed E-state index contributed by atoms with van der Waals surface area (Å²) in [6, 6.07) is 0. The summed E-state index contributed by atoms with van der Waals surface area (Å²) >= 11 is 1.23. The molecule has 0 amide bonds. The zero-order valence-corrected chi connectivity index (χ0v) is 11.6. The standard InChI is InChI=1S/C11H14N2O5S/c1-11(2,3)18-8(14)4-17-13-9(10(15)16)7-5-19-6-12-7/h5-6H,4H2,1-3H3,(H,15,16)/b13-9-. The van der Waals surface area contributed by atoms with Crippen LogP contribution in [-0.4, -0.2) is 39.9 Å². The molecule has 1 heterocycles. The van der Waals surface area contributed by atoms with Gasteiger partial charge in [0, 0.05) is 5.38 Å². The highest BCUT2D eigenvalue weighted by Gasteiger charge is 2.18. The number of aromatic nitrogens is 1. The summed E-state index contributed by atoms with van der Waals surface area (Å²) in [5, 5.41) is 13.8. The first-order valence-corrected chi connectivity index (χ1v) is 6.27. The van der Waals surface area contributed by atoms with Crippen LogP contribution in [0.25, 0.3) is 0 Å². The van der Waals surface area contributed by atoms with Gasteiger partial charge in [-0.3, -0.25) is 0 Å². The van der Waals surface area contributed by atoms with Crippen molar-refractivity contribution in [3.8, 4) is 0 Å². The zero-order chi connectivity index (χ0) is 14.5. The molecule has 104 valence electrons. The van der Waals surface area contributed by atoms with Gasteiger partial charge in [-0.25, -0.2) is 14.6 Å². The maximum atomic E-state index is 11.3. The van der Waals surface area contributed by atoms with Crippen LogP contribution in [0.3, 0.4) is 0 Å². The zero-order valence-electron chi connectivity index (χ0n) is 10.7. The molecule has 0 aliphatic heterocycles. The van der Waals surface area contributed by atoms with Gasteiger partial charge >= 0.3 is 11.9 Å². The lowest BCUT2D eigenvalue weighted by Crippen LogP contribution is -2.26. The molecule has 0 aromatic carbocycles. The fourth-order valence-corrected chi connectivity index (χ4v) is 1.58. The number of thiazole rings is 1. The number of carbonyl (C=O) groups is 2. The fourth-order valence-electron chi connectivity index (χ4n) is 1.05. The quantitative estimate of drug-likeness (QED) is 0.497. The maximum Gasteiger partial charge on any atom is 0.360 e. The van der Waals surface area contributed by atoms with Gasteiger partial charge in [-0.1, -0.05) is 5.16 Å². The van der Waals surface area contributed by atoms with Gasteiger partial charge in [0.1, 0.15) is 11.3 Å². The van der Waals surface area contributed by atoms with Gasteiger partial charge in [-0.15, -0.1) is 11.3 Å². The lowest BCUT2D eigenvalue weighted by molar-refractivity contribution is -0.160. The second-order valence-corrected chi connectivity index (χ2v) is 5.20. The van der Waals surface area contributed by atoms with E-state index < -0.39 is 24.1 Å². The van der Waals surface area contributed by atoms with E-state index >= 15 is 0 Å². The first-order valence-electron chi connectivity index (χ1n) is 5.33. The number of carbonyl (C=O) groups excluding carboxylic acids is 1. The van der Waals surface area contributed by atoms with Crippen LogP contribution in [0.5, 0.6) is 0 Å². The lowest BCUT2D eigenvalue weighted by Gasteiger charge is -2.18. The van der Waals surface area contributed by atoms with E-state index in [4.69, 9.17) is 9.84 Å². The van der Waals surface area contributed by atoms with Gasteiger partial charge in [0.15, 0.2) is 0 Å². The molecule has 0 atom stereocenters. The minimum Gasteiger partial charge on any atom is -0.476 e. The average Bonchev–Trinajstić information content (AvgIpc) is 2.74. The predicted molar refractivity (Wildman–Crippen MR) is 68.1 cm³/mol. The Labute approximate surface area is 113 Å². The number of oxime groups is 1. The smallest absolute Gasteiger partial charge is 0.360 e. The highest BCUT2D eigenvalue weighted by Crippen LogP contribution is 2.07. The van der Waals surface area contributed by atoms with E-state index in [1.807, 2.05) is 0 Å². The third-order valence-corrected chi connectivity index (χ3v) is 2.22. The van der Waals surface area contributed by atoms with Crippen molar-refractivity contribution in [2.45, 2.75) is 26.4 Å². The van der Waals surface area contributed by atoms with Crippen LogP contribution in [0.1, 0.15) is 26.5 Å². The van der Waals surface area contributed by atoms with Crippen molar-refractivity contribution < 1.29 is 24.3 Å². The molecule has 0 aliphatic carbocycles. The van der Waals surface area contributed by atoms with Crippen molar-refractivity contribution in [3.63, 3.8) is 0 Å². The number of carboxylic acid groups (broad SMARTS) is 1. The van der Waals surface area contributed by atoms with Crippen LogP contribution < -0.4 is 0 Å². The number of ether oxygens (including phenoxy) is 1. The number of hydrogen-bond acceptors (Lipinski definition) is 7. The molecule has 8 heteroatoms. The summed E-state index contributed by atoms with van der Waals surface area (Å²) in [6.07, 6.45) is 0. The summed E-state index contributed by atoms with van der Waals surface area (Å²) in [7, 11) is 0. The Morgan fingerprint density at radius 3 is 2.63 bits per heavy atom. The Kier molecular flexibility index (Phi) is 4.99. The van der Waals surface area contributed by atoms with Crippen LogP contribution in [0, 0.1) is 0 Å². The van der Waals surface area contributed by atoms with E-state index in [0.717, 1.165) is 0 Å². The first kappa shape index (κ1) is 15.1. The molecule has 0 radical (unpaired) electrons. The van der Waals surface area contributed by atoms with Crippen molar-refractivity contribution in [1.82, 2.24) is 4.98 Å². The Morgan fingerprint density at radius 1 is 1.47 bits per heavy atom. The Morgan fingerprint density at radius 2 is 2.16 bits per heavy atom. The molecule has 0 unspecified atom stereocenters. The highest BCUT2D eigenvalue weighted by molar-refractivity contribution is 7.07. The molecule has 0 aliphatic rings. The summed E-state index contributed by atoms with van der Waals surface area (Å²) in [6.45, 7) is 4.68. The topological polar surface area (TPSA) is 98.1 Å². The van der Waals surface area contributed by atoms with Crippen molar-refractivity contribution in [1.29, 1.82) is 0 Å². The van der Waals surface area contributed by atoms with E-state index in [0.29, 0.717) is 0 Å². The number of nitrogens with zero attached hydrogens (tertiary/aromatic N) is 2. The molecule has 1 aromatic heterocycles. The minimum absolute atomic E-state index is 0.182. The first-order chi connectivity index (χ1) is 8.79. The molecule has 0 saturated carbocycles. The molecular weight excluding hydrogens is 272 g/mol. The van der Waals surface area contributed by atoms with Crippen molar-refractivity contribution in [3.05, 3.63) is 16.6 Å². The van der Waals surface area contributed by atoms with Crippen LogP contribution >= 0.6 is 11.3 Å². The second kappa shape index (κ2) is 6.28. The molecule has 7 nitrogen and oxygen atoms in total. The van der Waals surface area contributed by atoms with Crippen LogP contribution in [-0.2, 0) is 19.2 Å². The van der Waals surface area contributed by atoms with Crippen molar-refractivity contribution >= 4 is 29.0 Å². The normalized spacial score (nSPS) is 12.1. The Bertz CT molecular complexity index is 476. The van der Waals surface area contributed by atoms with E-state index in [1.165, 1.54) is 22.2 Å². The number of hydrogen-bond donors (Lipinski definition) is 1. The molecule has 1 N–H and O–H groups in total. The summed E-state index contributed by atoms with van der Waals surface area (Å²) in [4.78, 5) is 30.8. The predicted octanol–water partition coefficient (Wildman–Crippen LogP) is 1.29. The molecule has 1 rings (SSSR count). The van der Waals surface area contributed by atoms with Gasteiger partial charge < -0.3 is 14.7 Å². The SMILES string of the molecule is CC(C)(C)OC(=O)CO/N=C(\C(=O)O)c1cscn1. The van der Waals surface area contributed by atoms with E-state index in [-0.39, 0.29) is 11.4 Å². The molecule has 1 aromatic rings. The molecule has 0 spiro atoms. The largest absolute Gasteiger partial charge is 0.476 e. The van der Waals surface area contributed by atoms with Gasteiger partial charge in [0.25, 0.3) is 0 Å². The summed E-state index contributed by atoms with van der Waals surface area (Å²) in [5.41, 5.74) is 0.669. The number of carboxylic acids is 1. The number of aliphatic carboxylic acids is 1. The number of rotatable bonds is 5. The maximum absolute atomic E-state index is 11.3. The van der Waals surface area contributed by atoms with E-state index in [9.17, 15) is 9.59 Å². The monoisotopic (exact) mass is 286 g/mol. The Balaban J connectivity index is 2.59. The summed E-state index contributed by atoms with van der Waals surface area (Å²) < 4.78 is 4.98. The van der Waals surface area contributed by atoms with E-state index in [1.54, 1.807) is 20.8 Å². The van der Waals surface area contributed by atoms with Crippen LogP contribution in [0.2, 0.25) is 0 Å². The van der Waals surface area contributed by atoms with Gasteiger partial charge in [-0.2, -0.15) is 0 Å². The van der Waals surface area contributed by atoms with Gasteiger partial charge in [0.05, 0.1) is 5.51 Å². The van der Waals surface area contributed by atoms with Crippen LogP contribution in [0.4, 0.5) is 0 Å².